The van der Waals surface area contributed by atoms with Crippen molar-refractivity contribution in [3.63, 3.8) is 0 Å². The zero-order chi connectivity index (χ0) is 34.9. The standard InChI is InChI=1S/C39H37F3N6O2/c40-39(41,42)33-16-11-29(12-17-33)13-18-37(49)48(26-31-9-14-32(15-10-31)35-8-4-5-19-44-35)36(24-30-6-2-1-3-7-30)38(50)47-22-20-46(21-23-47)27-34-25-43-28-45-34/h1-19,25,28,36H,20-24,26-27H2,(H,43,45)/b18-13+/t36-/m0/s1. The van der Waals surface area contributed by atoms with Gasteiger partial charge in [0.2, 0.25) is 11.8 Å². The molecule has 0 radical (unpaired) electrons. The van der Waals surface area contributed by atoms with Gasteiger partial charge in [0.1, 0.15) is 6.04 Å². The molecule has 2 amide bonds. The van der Waals surface area contributed by atoms with Crippen LogP contribution >= 0.6 is 0 Å². The lowest BCUT2D eigenvalue weighted by atomic mass is 10.0. The van der Waals surface area contributed by atoms with E-state index in [9.17, 15) is 22.8 Å². The molecular weight excluding hydrogens is 641 g/mol. The second-order valence-electron chi connectivity index (χ2n) is 12.2. The van der Waals surface area contributed by atoms with Crippen LogP contribution in [0.1, 0.15) is 27.9 Å². The fourth-order valence-corrected chi connectivity index (χ4v) is 6.02. The number of imidazole rings is 1. The molecule has 256 valence electrons. The second kappa shape index (κ2) is 15.8. The zero-order valence-electron chi connectivity index (χ0n) is 27.3. The highest BCUT2D eigenvalue weighted by atomic mass is 19.4. The summed E-state index contributed by atoms with van der Waals surface area (Å²) in [5.74, 6) is -0.581. The number of carbonyl (C=O) groups excluding carboxylic acids is 2. The number of aromatic amines is 1. The number of alkyl halides is 3. The van der Waals surface area contributed by atoms with Gasteiger partial charge in [0.15, 0.2) is 0 Å². The molecule has 50 heavy (non-hydrogen) atoms. The van der Waals surface area contributed by atoms with Crippen LogP contribution in [-0.4, -0.2) is 73.7 Å². The molecule has 1 aliphatic rings. The minimum Gasteiger partial charge on any atom is -0.347 e. The van der Waals surface area contributed by atoms with E-state index in [4.69, 9.17) is 0 Å². The van der Waals surface area contributed by atoms with Crippen molar-refractivity contribution in [2.45, 2.75) is 31.7 Å². The van der Waals surface area contributed by atoms with Crippen LogP contribution < -0.4 is 0 Å². The number of H-pyrrole nitrogens is 1. The highest BCUT2D eigenvalue weighted by Gasteiger charge is 2.34. The summed E-state index contributed by atoms with van der Waals surface area (Å²) < 4.78 is 39.4. The molecule has 6 rings (SSSR count). The number of pyridine rings is 1. The Morgan fingerprint density at radius 2 is 1.58 bits per heavy atom. The average Bonchev–Trinajstić information content (AvgIpc) is 3.66. The predicted molar refractivity (Wildman–Crippen MR) is 185 cm³/mol. The maximum atomic E-state index is 14.5. The Morgan fingerprint density at radius 1 is 0.860 bits per heavy atom. The first-order valence-electron chi connectivity index (χ1n) is 16.4. The van der Waals surface area contributed by atoms with Crippen LogP contribution in [0.4, 0.5) is 13.2 Å². The number of halogens is 3. The smallest absolute Gasteiger partial charge is 0.347 e. The average molecular weight is 679 g/mol. The third-order valence-corrected chi connectivity index (χ3v) is 8.77. The molecule has 1 N–H and O–H groups in total. The Balaban J connectivity index is 1.28. The molecule has 0 bridgehead atoms. The number of aromatic nitrogens is 3. The zero-order valence-corrected chi connectivity index (χ0v) is 27.3. The van der Waals surface area contributed by atoms with Gasteiger partial charge in [-0.15, -0.1) is 0 Å². The van der Waals surface area contributed by atoms with Crippen LogP contribution in [0, 0.1) is 0 Å². The lowest BCUT2D eigenvalue weighted by Crippen LogP contribution is -2.56. The minimum absolute atomic E-state index is 0.141. The Morgan fingerprint density at radius 3 is 2.22 bits per heavy atom. The van der Waals surface area contributed by atoms with Gasteiger partial charge in [-0.25, -0.2) is 4.98 Å². The number of benzene rings is 3. The SMILES string of the molecule is O=C([C@H](Cc1ccccc1)N(Cc1ccc(-c2ccccn2)cc1)C(=O)/C=C/c1ccc(C(F)(F)F)cc1)N1CCN(Cc2cnc[nH]2)CC1. The van der Waals surface area contributed by atoms with E-state index in [0.717, 1.165) is 40.2 Å². The quantitative estimate of drug-likeness (QED) is 0.162. The maximum Gasteiger partial charge on any atom is 0.416 e. The van der Waals surface area contributed by atoms with E-state index in [2.05, 4.69) is 19.9 Å². The van der Waals surface area contributed by atoms with Gasteiger partial charge in [-0.2, -0.15) is 13.2 Å². The number of piperazine rings is 1. The molecular formula is C39H37F3N6O2. The van der Waals surface area contributed by atoms with Crippen molar-refractivity contribution in [3.8, 4) is 11.3 Å². The summed E-state index contributed by atoms with van der Waals surface area (Å²) >= 11 is 0. The lowest BCUT2D eigenvalue weighted by Gasteiger charge is -2.39. The first kappa shape index (κ1) is 34.3. The molecule has 8 nitrogen and oxygen atoms in total. The molecule has 0 aliphatic carbocycles. The first-order chi connectivity index (χ1) is 24.2. The lowest BCUT2D eigenvalue weighted by molar-refractivity contribution is -0.145. The molecule has 0 unspecified atom stereocenters. The monoisotopic (exact) mass is 678 g/mol. The normalized spacial score (nSPS) is 14.5. The van der Waals surface area contributed by atoms with Crippen LogP contribution in [0.5, 0.6) is 0 Å². The largest absolute Gasteiger partial charge is 0.416 e. The molecule has 1 saturated heterocycles. The highest BCUT2D eigenvalue weighted by Crippen LogP contribution is 2.29. The summed E-state index contributed by atoms with van der Waals surface area (Å²) in [6, 6.07) is 26.7. The molecule has 1 aliphatic heterocycles. The van der Waals surface area contributed by atoms with Crippen molar-refractivity contribution in [2.75, 3.05) is 26.2 Å². The van der Waals surface area contributed by atoms with Gasteiger partial charge in [-0.3, -0.25) is 19.5 Å². The van der Waals surface area contributed by atoms with E-state index in [1.807, 2.05) is 77.7 Å². The fraction of sp³-hybridized carbons (Fsp3) is 0.231. The third-order valence-electron chi connectivity index (χ3n) is 8.77. The molecule has 5 aromatic rings. The van der Waals surface area contributed by atoms with Crippen molar-refractivity contribution in [1.29, 1.82) is 0 Å². The third kappa shape index (κ3) is 8.91. The second-order valence-corrected chi connectivity index (χ2v) is 12.2. The van der Waals surface area contributed by atoms with Crippen molar-refractivity contribution in [2.24, 2.45) is 0 Å². The van der Waals surface area contributed by atoms with E-state index in [1.165, 1.54) is 24.3 Å². The first-order valence-corrected chi connectivity index (χ1v) is 16.4. The Labute approximate surface area is 288 Å². The molecule has 2 aromatic heterocycles. The number of hydrogen-bond acceptors (Lipinski definition) is 5. The number of rotatable bonds is 11. The van der Waals surface area contributed by atoms with E-state index >= 15 is 0 Å². The molecule has 1 atom stereocenters. The van der Waals surface area contributed by atoms with Crippen LogP contribution in [0.2, 0.25) is 0 Å². The van der Waals surface area contributed by atoms with Gasteiger partial charge in [0.05, 0.1) is 17.6 Å². The molecule has 1 fully saturated rings. The van der Waals surface area contributed by atoms with Crippen molar-refractivity contribution in [1.82, 2.24) is 29.7 Å². The number of nitrogens with one attached hydrogen (secondary N) is 1. The van der Waals surface area contributed by atoms with E-state index in [-0.39, 0.29) is 12.5 Å². The van der Waals surface area contributed by atoms with E-state index in [1.54, 1.807) is 23.6 Å². The molecule has 0 spiro atoms. The van der Waals surface area contributed by atoms with Crippen LogP contribution in [-0.2, 0) is 35.3 Å². The number of hydrogen-bond donors (Lipinski definition) is 1. The van der Waals surface area contributed by atoms with Gasteiger partial charge in [0, 0.05) is 75.4 Å². The Kier molecular flexibility index (Phi) is 10.8. The van der Waals surface area contributed by atoms with Crippen molar-refractivity contribution < 1.29 is 22.8 Å². The molecule has 11 heteroatoms. The summed E-state index contributed by atoms with van der Waals surface area (Å²) in [5, 5.41) is 0. The predicted octanol–water partition coefficient (Wildman–Crippen LogP) is 6.49. The maximum absolute atomic E-state index is 14.5. The summed E-state index contributed by atoms with van der Waals surface area (Å²) in [5.41, 5.74) is 4.11. The summed E-state index contributed by atoms with van der Waals surface area (Å²) in [6.45, 7) is 3.17. The topological polar surface area (TPSA) is 85.4 Å². The molecule has 3 aromatic carbocycles. The van der Waals surface area contributed by atoms with Gasteiger partial charge < -0.3 is 14.8 Å². The minimum atomic E-state index is -4.46. The van der Waals surface area contributed by atoms with Gasteiger partial charge in [-0.05, 0) is 47.0 Å². The molecule has 3 heterocycles. The fourth-order valence-electron chi connectivity index (χ4n) is 6.02. The van der Waals surface area contributed by atoms with Crippen LogP contribution in [0.25, 0.3) is 17.3 Å². The van der Waals surface area contributed by atoms with E-state index in [0.29, 0.717) is 44.7 Å². The summed E-state index contributed by atoms with van der Waals surface area (Å²) in [7, 11) is 0. The van der Waals surface area contributed by atoms with Crippen molar-refractivity contribution >= 4 is 17.9 Å². The van der Waals surface area contributed by atoms with Gasteiger partial charge in [0.25, 0.3) is 0 Å². The van der Waals surface area contributed by atoms with Crippen LogP contribution in [0.3, 0.4) is 0 Å². The van der Waals surface area contributed by atoms with Gasteiger partial charge in [-0.1, -0.05) is 72.8 Å². The highest BCUT2D eigenvalue weighted by molar-refractivity contribution is 5.95. The number of nitrogens with zero attached hydrogens (tertiary/aromatic N) is 5. The Bertz CT molecular complexity index is 1860. The summed E-state index contributed by atoms with van der Waals surface area (Å²) in [6.07, 6.45) is 3.81. The Hall–Kier alpha value is -5.55. The van der Waals surface area contributed by atoms with Gasteiger partial charge >= 0.3 is 6.18 Å². The van der Waals surface area contributed by atoms with Crippen LogP contribution in [0.15, 0.2) is 122 Å². The van der Waals surface area contributed by atoms with E-state index < -0.39 is 23.7 Å². The number of amides is 2. The number of carbonyl (C=O) groups is 2. The summed E-state index contributed by atoms with van der Waals surface area (Å²) in [4.78, 5) is 45.9. The van der Waals surface area contributed by atoms with Crippen molar-refractivity contribution in [3.05, 3.63) is 150 Å². The molecule has 0 saturated carbocycles.